The zero-order valence-electron chi connectivity index (χ0n) is 13.2. The summed E-state index contributed by atoms with van der Waals surface area (Å²) in [5.74, 6) is 0.574. The fourth-order valence-corrected chi connectivity index (χ4v) is 3.77. The maximum Gasteiger partial charge on any atom is 0.175 e. The Morgan fingerprint density at radius 3 is 2.64 bits per heavy atom. The molecule has 1 unspecified atom stereocenters. The summed E-state index contributed by atoms with van der Waals surface area (Å²) < 4.78 is 28.7. The van der Waals surface area contributed by atoms with Crippen molar-refractivity contribution in [3.63, 3.8) is 0 Å². The lowest BCUT2D eigenvalue weighted by Gasteiger charge is -2.17. The van der Waals surface area contributed by atoms with Gasteiger partial charge in [-0.1, -0.05) is 12.8 Å². The molecule has 0 radical (unpaired) electrons. The topological polar surface area (TPSA) is 75.6 Å². The standard InChI is InChI=1S/C16H25NO4S/c1-12-9-15(7-8-16(12)22(2,19)20)21-11-14(18)10-17-13-5-3-4-6-13/h7-9,13-14,17-18H,3-6,10-11H2,1-2H3. The molecular weight excluding hydrogens is 302 g/mol. The predicted molar refractivity (Wildman–Crippen MR) is 86.0 cm³/mol. The zero-order chi connectivity index (χ0) is 16.2. The van der Waals surface area contributed by atoms with Gasteiger partial charge in [-0.2, -0.15) is 0 Å². The van der Waals surface area contributed by atoms with E-state index in [-0.39, 0.29) is 6.61 Å². The van der Waals surface area contributed by atoms with Gasteiger partial charge in [-0.15, -0.1) is 0 Å². The highest BCUT2D eigenvalue weighted by Gasteiger charge is 2.16. The van der Waals surface area contributed by atoms with Gasteiger partial charge in [0.1, 0.15) is 18.5 Å². The minimum absolute atomic E-state index is 0.192. The van der Waals surface area contributed by atoms with E-state index >= 15 is 0 Å². The maximum atomic E-state index is 11.6. The second-order valence-corrected chi connectivity index (χ2v) is 8.04. The summed E-state index contributed by atoms with van der Waals surface area (Å²) in [5, 5.41) is 13.3. The van der Waals surface area contributed by atoms with Crippen molar-refractivity contribution in [1.29, 1.82) is 0 Å². The van der Waals surface area contributed by atoms with Crippen LogP contribution in [0.3, 0.4) is 0 Å². The smallest absolute Gasteiger partial charge is 0.175 e. The van der Waals surface area contributed by atoms with E-state index in [1.54, 1.807) is 25.1 Å². The number of rotatable bonds is 7. The van der Waals surface area contributed by atoms with Crippen molar-refractivity contribution in [2.45, 2.75) is 49.6 Å². The Kier molecular flexibility index (Phi) is 5.83. The van der Waals surface area contributed by atoms with Crippen molar-refractivity contribution in [3.05, 3.63) is 23.8 Å². The van der Waals surface area contributed by atoms with Crippen LogP contribution in [-0.4, -0.2) is 45.1 Å². The Morgan fingerprint density at radius 2 is 2.05 bits per heavy atom. The highest BCUT2D eigenvalue weighted by atomic mass is 32.2. The molecular formula is C16H25NO4S. The molecule has 0 amide bonds. The van der Waals surface area contributed by atoms with Gasteiger partial charge >= 0.3 is 0 Å². The van der Waals surface area contributed by atoms with Gasteiger partial charge in [-0.25, -0.2) is 8.42 Å². The molecule has 2 rings (SSSR count). The molecule has 0 bridgehead atoms. The summed E-state index contributed by atoms with van der Waals surface area (Å²) >= 11 is 0. The first kappa shape index (κ1) is 17.2. The molecule has 1 aromatic carbocycles. The first-order chi connectivity index (χ1) is 10.4. The molecule has 1 aromatic rings. The molecule has 2 N–H and O–H groups in total. The van der Waals surface area contributed by atoms with Crippen molar-refractivity contribution >= 4 is 9.84 Å². The van der Waals surface area contributed by atoms with Crippen molar-refractivity contribution in [3.8, 4) is 5.75 Å². The SMILES string of the molecule is Cc1cc(OCC(O)CNC2CCCC2)ccc1S(C)(=O)=O. The molecule has 0 spiro atoms. The second-order valence-electron chi connectivity index (χ2n) is 6.05. The zero-order valence-corrected chi connectivity index (χ0v) is 14.0. The third-order valence-corrected chi connectivity index (χ3v) is 5.24. The van der Waals surface area contributed by atoms with Crippen molar-refractivity contribution in [2.24, 2.45) is 0 Å². The highest BCUT2D eigenvalue weighted by molar-refractivity contribution is 7.90. The van der Waals surface area contributed by atoms with E-state index in [0.717, 1.165) is 0 Å². The Labute approximate surface area is 132 Å². The van der Waals surface area contributed by atoms with Crippen LogP contribution < -0.4 is 10.1 Å². The molecule has 0 saturated heterocycles. The van der Waals surface area contributed by atoms with Crippen LogP contribution >= 0.6 is 0 Å². The number of hydrogen-bond acceptors (Lipinski definition) is 5. The molecule has 1 aliphatic carbocycles. The van der Waals surface area contributed by atoms with E-state index in [1.165, 1.54) is 31.9 Å². The molecule has 22 heavy (non-hydrogen) atoms. The van der Waals surface area contributed by atoms with Crippen LogP contribution in [0.1, 0.15) is 31.2 Å². The number of hydrogen-bond donors (Lipinski definition) is 2. The van der Waals surface area contributed by atoms with Gasteiger partial charge in [-0.05, 0) is 43.5 Å². The van der Waals surface area contributed by atoms with Crippen molar-refractivity contribution < 1.29 is 18.3 Å². The molecule has 124 valence electrons. The fraction of sp³-hybridized carbons (Fsp3) is 0.625. The lowest BCUT2D eigenvalue weighted by Crippen LogP contribution is -2.36. The predicted octanol–water partition coefficient (Wildman–Crippen LogP) is 1.67. The van der Waals surface area contributed by atoms with E-state index in [1.807, 2.05) is 0 Å². The van der Waals surface area contributed by atoms with Crippen LogP contribution in [-0.2, 0) is 9.84 Å². The summed E-state index contributed by atoms with van der Waals surface area (Å²) in [6, 6.07) is 5.38. The summed E-state index contributed by atoms with van der Waals surface area (Å²) in [6.07, 6.45) is 5.50. The summed E-state index contributed by atoms with van der Waals surface area (Å²) in [4.78, 5) is 0.309. The van der Waals surface area contributed by atoms with Gasteiger partial charge < -0.3 is 15.2 Å². The van der Waals surface area contributed by atoms with Gasteiger partial charge in [0.25, 0.3) is 0 Å². The van der Waals surface area contributed by atoms with Gasteiger partial charge in [-0.3, -0.25) is 0 Å². The Hall–Kier alpha value is -1.11. The fourth-order valence-electron chi connectivity index (χ4n) is 2.81. The van der Waals surface area contributed by atoms with Crippen molar-refractivity contribution in [2.75, 3.05) is 19.4 Å². The van der Waals surface area contributed by atoms with E-state index in [4.69, 9.17) is 4.74 Å². The Morgan fingerprint density at radius 1 is 1.36 bits per heavy atom. The summed E-state index contributed by atoms with van der Waals surface area (Å²) in [6.45, 7) is 2.45. The van der Waals surface area contributed by atoms with Crippen molar-refractivity contribution in [1.82, 2.24) is 5.32 Å². The number of ether oxygens (including phenoxy) is 1. The molecule has 0 heterocycles. The summed E-state index contributed by atoms with van der Waals surface area (Å²) in [5.41, 5.74) is 0.651. The molecule has 1 fully saturated rings. The number of sulfone groups is 1. The number of aryl methyl sites for hydroxylation is 1. The van der Waals surface area contributed by atoms with Crippen LogP contribution in [0.2, 0.25) is 0 Å². The maximum absolute atomic E-state index is 11.6. The van der Waals surface area contributed by atoms with Crippen LogP contribution in [0.15, 0.2) is 23.1 Å². The van der Waals surface area contributed by atoms with E-state index in [9.17, 15) is 13.5 Å². The average Bonchev–Trinajstić information content (AvgIpc) is 2.94. The minimum atomic E-state index is -3.21. The monoisotopic (exact) mass is 327 g/mol. The highest BCUT2D eigenvalue weighted by Crippen LogP contribution is 2.21. The first-order valence-electron chi connectivity index (χ1n) is 7.71. The lowest BCUT2D eigenvalue weighted by molar-refractivity contribution is 0.103. The Balaban J connectivity index is 1.82. The van der Waals surface area contributed by atoms with Gasteiger partial charge in [0, 0.05) is 18.8 Å². The van der Waals surface area contributed by atoms with Gasteiger partial charge in [0.2, 0.25) is 0 Å². The Bertz CT molecular complexity index is 594. The number of benzene rings is 1. The largest absolute Gasteiger partial charge is 0.491 e. The third-order valence-electron chi connectivity index (χ3n) is 3.99. The number of aliphatic hydroxyl groups excluding tert-OH is 1. The van der Waals surface area contributed by atoms with Gasteiger partial charge in [0.05, 0.1) is 4.90 Å². The van der Waals surface area contributed by atoms with Crippen LogP contribution in [0.25, 0.3) is 0 Å². The van der Waals surface area contributed by atoms with E-state index in [0.29, 0.717) is 28.8 Å². The average molecular weight is 327 g/mol. The number of nitrogens with one attached hydrogen (secondary N) is 1. The molecule has 0 aromatic heterocycles. The molecule has 1 atom stereocenters. The lowest BCUT2D eigenvalue weighted by atomic mass is 10.2. The van der Waals surface area contributed by atoms with Crippen LogP contribution in [0, 0.1) is 6.92 Å². The second kappa shape index (κ2) is 7.44. The molecule has 5 nitrogen and oxygen atoms in total. The number of aliphatic hydroxyl groups is 1. The van der Waals surface area contributed by atoms with E-state index in [2.05, 4.69) is 5.32 Å². The molecule has 6 heteroatoms. The summed E-state index contributed by atoms with van der Waals surface area (Å²) in [7, 11) is -3.21. The quantitative estimate of drug-likeness (QED) is 0.797. The van der Waals surface area contributed by atoms with Crippen LogP contribution in [0.5, 0.6) is 5.75 Å². The third kappa shape index (κ3) is 4.97. The van der Waals surface area contributed by atoms with Crippen LogP contribution in [0.4, 0.5) is 0 Å². The first-order valence-corrected chi connectivity index (χ1v) is 9.60. The molecule has 0 aliphatic heterocycles. The van der Waals surface area contributed by atoms with Gasteiger partial charge in [0.15, 0.2) is 9.84 Å². The molecule has 1 aliphatic rings. The normalized spacial score (nSPS) is 17.6. The minimum Gasteiger partial charge on any atom is -0.491 e. The van der Waals surface area contributed by atoms with E-state index < -0.39 is 15.9 Å². The molecule has 1 saturated carbocycles.